The van der Waals surface area contributed by atoms with Gasteiger partial charge in [0.1, 0.15) is 0 Å². The minimum Gasteiger partial charge on any atom is -0.384 e. The molecule has 2 aliphatic rings. The number of amides is 1. The Morgan fingerprint density at radius 3 is 2.73 bits per heavy atom. The van der Waals surface area contributed by atoms with Gasteiger partial charge in [-0.1, -0.05) is 0 Å². The molecule has 2 aliphatic heterocycles. The molecule has 1 fully saturated rings. The van der Waals surface area contributed by atoms with Crippen molar-refractivity contribution in [1.29, 1.82) is 0 Å². The van der Waals surface area contributed by atoms with Gasteiger partial charge < -0.3 is 15.3 Å². The molecule has 1 amide bonds. The molecule has 4 nitrogen and oxygen atoms in total. The SMILES string of the molecule is Cl.O=C(c1ccc2c(c1)CCN2)N1CCC(O)(C(F)(F)F)C1. The highest BCUT2D eigenvalue weighted by atomic mass is 35.5. The van der Waals surface area contributed by atoms with Gasteiger partial charge in [0.25, 0.3) is 5.91 Å². The van der Waals surface area contributed by atoms with E-state index in [-0.39, 0.29) is 19.0 Å². The van der Waals surface area contributed by atoms with Crippen molar-refractivity contribution in [1.82, 2.24) is 4.90 Å². The van der Waals surface area contributed by atoms with Crippen molar-refractivity contribution in [3.8, 4) is 0 Å². The van der Waals surface area contributed by atoms with Crippen molar-refractivity contribution >= 4 is 24.0 Å². The Bertz CT molecular complexity index is 594. The van der Waals surface area contributed by atoms with Crippen molar-refractivity contribution in [2.45, 2.75) is 24.6 Å². The van der Waals surface area contributed by atoms with Crippen LogP contribution in [0.25, 0.3) is 0 Å². The van der Waals surface area contributed by atoms with Gasteiger partial charge in [0, 0.05) is 30.8 Å². The summed E-state index contributed by atoms with van der Waals surface area (Å²) in [6.45, 7) is -0.000632. The Labute approximate surface area is 131 Å². The summed E-state index contributed by atoms with van der Waals surface area (Å²) in [4.78, 5) is 13.4. The van der Waals surface area contributed by atoms with E-state index < -0.39 is 30.7 Å². The number of benzene rings is 1. The molecule has 0 aliphatic carbocycles. The number of hydrogen-bond donors (Lipinski definition) is 2. The minimum atomic E-state index is -4.72. The van der Waals surface area contributed by atoms with Gasteiger partial charge >= 0.3 is 6.18 Å². The van der Waals surface area contributed by atoms with Crippen LogP contribution in [-0.2, 0) is 6.42 Å². The largest absolute Gasteiger partial charge is 0.419 e. The molecule has 0 bridgehead atoms. The second-order valence-electron chi connectivity index (χ2n) is 5.55. The zero-order chi connectivity index (χ0) is 15.3. The fourth-order valence-corrected chi connectivity index (χ4v) is 2.82. The molecule has 1 atom stereocenters. The molecule has 22 heavy (non-hydrogen) atoms. The lowest BCUT2D eigenvalue weighted by Gasteiger charge is -2.26. The van der Waals surface area contributed by atoms with Crippen molar-refractivity contribution in [2.24, 2.45) is 0 Å². The molecule has 0 radical (unpaired) electrons. The molecule has 1 unspecified atom stereocenters. The second-order valence-corrected chi connectivity index (χ2v) is 5.55. The third-order valence-electron chi connectivity index (χ3n) is 4.12. The molecule has 1 aromatic carbocycles. The Balaban J connectivity index is 0.00000176. The van der Waals surface area contributed by atoms with Crippen LogP contribution in [0, 0.1) is 0 Å². The summed E-state index contributed by atoms with van der Waals surface area (Å²) in [5, 5.41) is 12.8. The number of halogens is 4. The number of hydrogen-bond acceptors (Lipinski definition) is 3. The van der Waals surface area contributed by atoms with Crippen molar-refractivity contribution in [3.63, 3.8) is 0 Å². The van der Waals surface area contributed by atoms with Gasteiger partial charge in [0.2, 0.25) is 0 Å². The molecular formula is C14H16ClF3N2O2. The smallest absolute Gasteiger partial charge is 0.384 e. The number of rotatable bonds is 1. The zero-order valence-corrected chi connectivity index (χ0v) is 12.4. The molecule has 2 heterocycles. The van der Waals surface area contributed by atoms with E-state index in [4.69, 9.17) is 0 Å². The molecule has 1 saturated heterocycles. The fraction of sp³-hybridized carbons (Fsp3) is 0.500. The van der Waals surface area contributed by atoms with Crippen LogP contribution < -0.4 is 5.32 Å². The summed E-state index contributed by atoms with van der Waals surface area (Å²) in [5.41, 5.74) is -0.476. The fourth-order valence-electron chi connectivity index (χ4n) is 2.82. The molecule has 122 valence electrons. The van der Waals surface area contributed by atoms with Crippen LogP contribution >= 0.6 is 12.4 Å². The lowest BCUT2D eigenvalue weighted by molar-refractivity contribution is -0.253. The standard InChI is InChI=1S/C14H15F3N2O2.ClH/c15-14(16,17)13(21)4-6-19(8-13)12(20)10-1-2-11-9(7-10)3-5-18-11;/h1-2,7,18,21H,3-6,8H2;1H. The number of carbonyl (C=O) groups is 1. The highest BCUT2D eigenvalue weighted by Crippen LogP contribution is 2.38. The highest BCUT2D eigenvalue weighted by Gasteiger charge is 2.57. The van der Waals surface area contributed by atoms with Gasteiger partial charge in [-0.05, 0) is 30.2 Å². The normalized spacial score (nSPS) is 23.7. The first kappa shape index (κ1) is 16.9. The van der Waals surface area contributed by atoms with Crippen LogP contribution in [0.1, 0.15) is 22.3 Å². The summed E-state index contributed by atoms with van der Waals surface area (Å²) in [6.07, 6.45) is -4.40. The van der Waals surface area contributed by atoms with Crippen molar-refractivity contribution in [2.75, 3.05) is 25.0 Å². The number of alkyl halides is 3. The van der Waals surface area contributed by atoms with Gasteiger partial charge in [0.15, 0.2) is 5.60 Å². The average molecular weight is 337 g/mol. The maximum absolute atomic E-state index is 12.8. The summed E-state index contributed by atoms with van der Waals surface area (Å²) < 4.78 is 38.3. The average Bonchev–Trinajstić information content (AvgIpc) is 3.03. The van der Waals surface area contributed by atoms with Crippen LogP contribution in [0.3, 0.4) is 0 Å². The number of β-amino-alcohol motifs (C(OH)–C–C–N with tert-alkyl or cyclic N) is 1. The Morgan fingerprint density at radius 1 is 1.36 bits per heavy atom. The summed E-state index contributed by atoms with van der Waals surface area (Å²) >= 11 is 0. The quantitative estimate of drug-likeness (QED) is 0.827. The first-order valence-corrected chi connectivity index (χ1v) is 6.75. The highest BCUT2D eigenvalue weighted by molar-refractivity contribution is 5.95. The third kappa shape index (κ3) is 2.75. The van der Waals surface area contributed by atoms with E-state index in [1.54, 1.807) is 18.2 Å². The summed E-state index contributed by atoms with van der Waals surface area (Å²) in [6, 6.07) is 5.08. The minimum absolute atomic E-state index is 0. The molecule has 3 rings (SSSR count). The molecule has 1 aromatic rings. The second kappa shape index (κ2) is 5.62. The van der Waals surface area contributed by atoms with E-state index in [0.717, 1.165) is 29.1 Å². The first-order valence-electron chi connectivity index (χ1n) is 6.75. The molecule has 0 spiro atoms. The van der Waals surface area contributed by atoms with Crippen molar-refractivity contribution in [3.05, 3.63) is 29.3 Å². The van der Waals surface area contributed by atoms with Crippen molar-refractivity contribution < 1.29 is 23.1 Å². The van der Waals surface area contributed by atoms with E-state index in [2.05, 4.69) is 5.32 Å². The topological polar surface area (TPSA) is 52.6 Å². The van der Waals surface area contributed by atoms with E-state index in [1.165, 1.54) is 0 Å². The number of aliphatic hydroxyl groups is 1. The molecule has 8 heteroatoms. The molecular weight excluding hydrogens is 321 g/mol. The Kier molecular flexibility index (Phi) is 4.32. The Hall–Kier alpha value is -1.47. The van der Waals surface area contributed by atoms with E-state index in [0.29, 0.717) is 5.56 Å². The van der Waals surface area contributed by atoms with Gasteiger partial charge in [-0.3, -0.25) is 4.79 Å². The van der Waals surface area contributed by atoms with Crippen LogP contribution in [0.4, 0.5) is 18.9 Å². The number of fused-ring (bicyclic) bond motifs is 1. The lowest BCUT2D eigenvalue weighted by Crippen LogP contribution is -2.48. The maximum Gasteiger partial charge on any atom is 0.419 e. The molecule has 0 aromatic heterocycles. The Morgan fingerprint density at radius 2 is 2.09 bits per heavy atom. The zero-order valence-electron chi connectivity index (χ0n) is 11.6. The number of carbonyl (C=O) groups excluding carboxylic acids is 1. The number of nitrogens with zero attached hydrogens (tertiary/aromatic N) is 1. The predicted octanol–water partition coefficient (Wildman–Crippen LogP) is 2.22. The van der Waals surface area contributed by atoms with Gasteiger partial charge in [-0.2, -0.15) is 13.2 Å². The van der Waals surface area contributed by atoms with Crippen LogP contribution in [0.15, 0.2) is 18.2 Å². The predicted molar refractivity (Wildman–Crippen MR) is 77.4 cm³/mol. The van der Waals surface area contributed by atoms with Gasteiger partial charge in [0.05, 0.1) is 6.54 Å². The van der Waals surface area contributed by atoms with Crippen LogP contribution in [-0.4, -0.2) is 47.3 Å². The van der Waals surface area contributed by atoms with Crippen LogP contribution in [0.2, 0.25) is 0 Å². The maximum atomic E-state index is 12.8. The summed E-state index contributed by atoms with van der Waals surface area (Å²) in [5.74, 6) is -0.468. The summed E-state index contributed by atoms with van der Waals surface area (Å²) in [7, 11) is 0. The number of nitrogens with one attached hydrogen (secondary N) is 1. The first-order chi connectivity index (χ1) is 9.80. The number of anilines is 1. The molecule has 2 N–H and O–H groups in total. The van der Waals surface area contributed by atoms with E-state index >= 15 is 0 Å². The number of likely N-dealkylation sites (tertiary alicyclic amines) is 1. The monoisotopic (exact) mass is 336 g/mol. The van der Waals surface area contributed by atoms with Gasteiger partial charge in [-0.25, -0.2) is 0 Å². The van der Waals surface area contributed by atoms with Crippen LogP contribution in [0.5, 0.6) is 0 Å². The van der Waals surface area contributed by atoms with E-state index in [9.17, 15) is 23.1 Å². The third-order valence-corrected chi connectivity index (χ3v) is 4.12. The van der Waals surface area contributed by atoms with E-state index in [1.807, 2.05) is 0 Å². The van der Waals surface area contributed by atoms with Gasteiger partial charge in [-0.15, -0.1) is 12.4 Å². The lowest BCUT2D eigenvalue weighted by atomic mass is 10.0. The molecule has 0 saturated carbocycles.